The van der Waals surface area contributed by atoms with Gasteiger partial charge >= 0.3 is 0 Å². The summed E-state index contributed by atoms with van der Waals surface area (Å²) in [5, 5.41) is 0. The van der Waals surface area contributed by atoms with E-state index in [0.29, 0.717) is 6.04 Å². The third-order valence-corrected chi connectivity index (χ3v) is 4.78. The molecule has 0 aromatic heterocycles. The molecule has 0 N–H and O–H groups in total. The summed E-state index contributed by atoms with van der Waals surface area (Å²) in [5.74, 6) is 0. The van der Waals surface area contributed by atoms with E-state index in [-0.39, 0.29) is 0 Å². The van der Waals surface area contributed by atoms with E-state index >= 15 is 0 Å². The van der Waals surface area contributed by atoms with E-state index < -0.39 is 0 Å². The molecule has 0 radical (unpaired) electrons. The molecule has 0 atom stereocenters. The average Bonchev–Trinajstić information content (AvgIpc) is 2.97. The summed E-state index contributed by atoms with van der Waals surface area (Å²) in [7, 11) is 0. The fourth-order valence-electron chi connectivity index (χ4n) is 3.12. The lowest BCUT2D eigenvalue weighted by Gasteiger charge is -2.24. The van der Waals surface area contributed by atoms with Crippen molar-refractivity contribution in [2.45, 2.75) is 104 Å². The van der Waals surface area contributed by atoms with E-state index in [1.54, 1.807) is 0 Å². The van der Waals surface area contributed by atoms with Crippen molar-refractivity contribution in [3.05, 3.63) is 12.4 Å². The van der Waals surface area contributed by atoms with Crippen molar-refractivity contribution in [2.75, 3.05) is 13.2 Å². The molecule has 0 amide bonds. The second-order valence-electron chi connectivity index (χ2n) is 7.25. The monoisotopic (exact) mass is 308 g/mol. The zero-order valence-corrected chi connectivity index (χ0v) is 15.5. The first kappa shape index (κ1) is 19.4. The van der Waals surface area contributed by atoms with Gasteiger partial charge < -0.3 is 9.80 Å². The minimum atomic E-state index is 0.628. The Morgan fingerprint density at radius 2 is 1.23 bits per heavy atom. The molecule has 2 heteroatoms. The summed E-state index contributed by atoms with van der Waals surface area (Å²) >= 11 is 0. The van der Waals surface area contributed by atoms with Crippen LogP contribution in [0.2, 0.25) is 0 Å². The van der Waals surface area contributed by atoms with Crippen molar-refractivity contribution >= 4 is 0 Å². The quantitative estimate of drug-likeness (QED) is 0.355. The molecule has 0 spiro atoms. The Kier molecular flexibility index (Phi) is 11.3. The SMILES string of the molecule is CCCCCCCCCCCCCCN1C=CN(C(C)C)C1. The van der Waals surface area contributed by atoms with Gasteiger partial charge in [0.2, 0.25) is 0 Å². The van der Waals surface area contributed by atoms with E-state index in [9.17, 15) is 0 Å². The van der Waals surface area contributed by atoms with Crippen LogP contribution in [0.15, 0.2) is 12.4 Å². The highest BCUT2D eigenvalue weighted by atomic mass is 15.3. The Hall–Kier alpha value is -0.660. The molecular weight excluding hydrogens is 268 g/mol. The van der Waals surface area contributed by atoms with Gasteiger partial charge in [-0.2, -0.15) is 0 Å². The molecule has 0 saturated heterocycles. The number of rotatable bonds is 14. The fraction of sp³-hybridized carbons (Fsp3) is 0.900. The van der Waals surface area contributed by atoms with Crippen molar-refractivity contribution in [1.82, 2.24) is 9.80 Å². The van der Waals surface area contributed by atoms with Crippen molar-refractivity contribution < 1.29 is 0 Å². The molecule has 1 rings (SSSR count). The van der Waals surface area contributed by atoms with Crippen molar-refractivity contribution in [3.63, 3.8) is 0 Å². The molecule has 0 aromatic rings. The first-order valence-electron chi connectivity index (χ1n) is 9.92. The number of nitrogens with zero attached hydrogens (tertiary/aromatic N) is 2. The minimum absolute atomic E-state index is 0.628. The molecule has 22 heavy (non-hydrogen) atoms. The summed E-state index contributed by atoms with van der Waals surface area (Å²) in [4.78, 5) is 4.86. The van der Waals surface area contributed by atoms with Crippen LogP contribution in [0.1, 0.15) is 97.8 Å². The minimum Gasteiger partial charge on any atom is -0.359 e. The number of hydrogen-bond donors (Lipinski definition) is 0. The Bertz CT molecular complexity index is 273. The van der Waals surface area contributed by atoms with Gasteiger partial charge in [-0.05, 0) is 20.3 Å². The molecule has 1 heterocycles. The highest BCUT2D eigenvalue weighted by Gasteiger charge is 2.13. The smallest absolute Gasteiger partial charge is 0.0896 e. The highest BCUT2D eigenvalue weighted by Crippen LogP contribution is 2.14. The third kappa shape index (κ3) is 9.38. The summed E-state index contributed by atoms with van der Waals surface area (Å²) in [6.07, 6.45) is 21.7. The van der Waals surface area contributed by atoms with Gasteiger partial charge in [0.05, 0.1) is 6.67 Å². The van der Waals surface area contributed by atoms with Gasteiger partial charge in [0, 0.05) is 25.0 Å². The van der Waals surface area contributed by atoms with Gasteiger partial charge in [0.1, 0.15) is 0 Å². The largest absolute Gasteiger partial charge is 0.359 e. The zero-order valence-electron chi connectivity index (χ0n) is 15.5. The normalized spacial score (nSPS) is 14.5. The summed E-state index contributed by atoms with van der Waals surface area (Å²) in [5.41, 5.74) is 0. The maximum atomic E-state index is 2.45. The topological polar surface area (TPSA) is 6.48 Å². The molecule has 0 fully saturated rings. The maximum Gasteiger partial charge on any atom is 0.0896 e. The van der Waals surface area contributed by atoms with E-state index in [1.165, 1.54) is 83.6 Å². The predicted octanol–water partition coefficient (Wildman–Crippen LogP) is 6.14. The lowest BCUT2D eigenvalue weighted by atomic mass is 10.1. The second kappa shape index (κ2) is 12.8. The third-order valence-electron chi connectivity index (χ3n) is 4.78. The van der Waals surface area contributed by atoms with Crippen LogP contribution >= 0.6 is 0 Å². The molecule has 0 aromatic carbocycles. The first-order valence-corrected chi connectivity index (χ1v) is 9.92. The van der Waals surface area contributed by atoms with E-state index in [1.807, 2.05) is 0 Å². The Morgan fingerprint density at radius 3 is 1.68 bits per heavy atom. The summed E-state index contributed by atoms with van der Waals surface area (Å²) in [6.45, 7) is 9.14. The van der Waals surface area contributed by atoms with Crippen molar-refractivity contribution in [3.8, 4) is 0 Å². The van der Waals surface area contributed by atoms with Crippen LogP contribution < -0.4 is 0 Å². The first-order chi connectivity index (χ1) is 10.7. The highest BCUT2D eigenvalue weighted by molar-refractivity contribution is 4.91. The van der Waals surface area contributed by atoms with Crippen LogP contribution in [-0.4, -0.2) is 29.1 Å². The zero-order chi connectivity index (χ0) is 16.0. The average molecular weight is 309 g/mol. The standard InChI is InChI=1S/C20H40N2/c1-4-5-6-7-8-9-10-11-12-13-14-15-16-21-17-18-22(19-21)20(2)3/h17-18,20H,4-16,19H2,1-3H3. The molecule has 130 valence electrons. The van der Waals surface area contributed by atoms with E-state index in [2.05, 4.69) is 43.0 Å². The van der Waals surface area contributed by atoms with Crippen LogP contribution in [0.25, 0.3) is 0 Å². The lowest BCUT2D eigenvalue weighted by Crippen LogP contribution is -2.30. The molecule has 0 bridgehead atoms. The molecule has 0 unspecified atom stereocenters. The molecular formula is C20H40N2. The van der Waals surface area contributed by atoms with Gasteiger partial charge in [-0.15, -0.1) is 0 Å². The van der Waals surface area contributed by atoms with Gasteiger partial charge in [0.25, 0.3) is 0 Å². The van der Waals surface area contributed by atoms with Crippen LogP contribution in [0, 0.1) is 0 Å². The fourth-order valence-corrected chi connectivity index (χ4v) is 3.12. The number of unbranched alkanes of at least 4 members (excludes halogenated alkanes) is 11. The lowest BCUT2D eigenvalue weighted by molar-refractivity contribution is 0.228. The summed E-state index contributed by atoms with van der Waals surface area (Å²) in [6, 6.07) is 0.628. The van der Waals surface area contributed by atoms with Crippen LogP contribution in [0.4, 0.5) is 0 Å². The molecule has 1 aliphatic heterocycles. The van der Waals surface area contributed by atoms with Crippen LogP contribution in [-0.2, 0) is 0 Å². The second-order valence-corrected chi connectivity index (χ2v) is 7.25. The molecule has 0 saturated carbocycles. The Labute approximate surface area is 139 Å². The van der Waals surface area contributed by atoms with Crippen molar-refractivity contribution in [2.24, 2.45) is 0 Å². The van der Waals surface area contributed by atoms with E-state index in [4.69, 9.17) is 0 Å². The molecule has 2 nitrogen and oxygen atoms in total. The predicted molar refractivity (Wildman–Crippen MR) is 98.8 cm³/mol. The Balaban J connectivity index is 1.78. The van der Waals surface area contributed by atoms with Gasteiger partial charge in [0.15, 0.2) is 0 Å². The van der Waals surface area contributed by atoms with Gasteiger partial charge in [-0.1, -0.05) is 77.6 Å². The Morgan fingerprint density at radius 1 is 0.727 bits per heavy atom. The van der Waals surface area contributed by atoms with Crippen LogP contribution in [0.3, 0.4) is 0 Å². The number of hydrogen-bond acceptors (Lipinski definition) is 2. The maximum absolute atomic E-state index is 2.45. The van der Waals surface area contributed by atoms with Gasteiger partial charge in [-0.25, -0.2) is 0 Å². The molecule has 1 aliphatic rings. The molecule has 0 aliphatic carbocycles. The van der Waals surface area contributed by atoms with E-state index in [0.717, 1.165) is 6.67 Å². The summed E-state index contributed by atoms with van der Waals surface area (Å²) < 4.78 is 0. The van der Waals surface area contributed by atoms with Crippen LogP contribution in [0.5, 0.6) is 0 Å². The van der Waals surface area contributed by atoms with Gasteiger partial charge in [-0.3, -0.25) is 0 Å². The van der Waals surface area contributed by atoms with Crippen molar-refractivity contribution in [1.29, 1.82) is 0 Å².